The largest absolute Gasteiger partial charge is 0.366 e. The third-order valence-electron chi connectivity index (χ3n) is 4.82. The number of carbonyl (C=O) groups is 2. The minimum atomic E-state index is -0.706. The molecule has 0 spiro atoms. The zero-order valence-corrected chi connectivity index (χ0v) is 16.9. The maximum Gasteiger partial charge on any atom is 0.329 e. The van der Waals surface area contributed by atoms with E-state index in [0.717, 1.165) is 5.56 Å². The van der Waals surface area contributed by atoms with Crippen LogP contribution < -0.4 is 11.0 Å². The number of aryl methyl sites for hydroxylation is 1. The highest BCUT2D eigenvalue weighted by atomic mass is 16.5. The number of aromatic nitrogens is 2. The Morgan fingerprint density at radius 3 is 2.80 bits per heavy atom. The molecule has 30 heavy (non-hydrogen) atoms. The molecular weight excluding hydrogens is 386 g/mol. The molecule has 156 valence electrons. The molecular formula is C22H23N3O5. The van der Waals surface area contributed by atoms with Gasteiger partial charge in [0.2, 0.25) is 11.8 Å². The number of hydrogen-bond acceptors (Lipinski definition) is 5. The van der Waals surface area contributed by atoms with Gasteiger partial charge in [0.15, 0.2) is 0 Å². The summed E-state index contributed by atoms with van der Waals surface area (Å²) in [6.07, 6.45) is 5.53. The highest BCUT2D eigenvalue weighted by molar-refractivity contribution is 6.00. The molecule has 1 saturated heterocycles. The topological polar surface area (TPSA) is 91.6 Å². The Bertz CT molecular complexity index is 1130. The molecule has 1 aliphatic rings. The molecule has 1 aromatic heterocycles. The molecule has 1 fully saturated rings. The van der Waals surface area contributed by atoms with Gasteiger partial charge in [0.1, 0.15) is 19.3 Å². The zero-order valence-electron chi connectivity index (χ0n) is 16.9. The lowest BCUT2D eigenvalue weighted by Gasteiger charge is -2.21. The summed E-state index contributed by atoms with van der Waals surface area (Å²) in [5.41, 5.74) is 1.69. The van der Waals surface area contributed by atoms with Crippen molar-refractivity contribution in [3.63, 3.8) is 0 Å². The van der Waals surface area contributed by atoms with Gasteiger partial charge in [-0.05, 0) is 31.5 Å². The van der Waals surface area contributed by atoms with E-state index in [0.29, 0.717) is 24.1 Å². The smallest absolute Gasteiger partial charge is 0.329 e. The number of terminal acetylenes is 1. The number of hydrogen-bond donors (Lipinski definition) is 1. The standard InChI is InChI=1S/C22H23N3O5/c1-4-11-30-15(2)14-29-12-5-6-16-7-8-17-19(13-16)24(3)22(28)25(17)18-9-10-20(26)23-21(18)27/h1,7-8,13,15,18H,9-12,14H2,2-3H3,(H,23,26,27). The number of piperidine rings is 1. The van der Waals surface area contributed by atoms with Crippen LogP contribution in [0.5, 0.6) is 0 Å². The van der Waals surface area contributed by atoms with E-state index in [-0.39, 0.29) is 37.3 Å². The lowest BCUT2D eigenvalue weighted by molar-refractivity contribution is -0.135. The van der Waals surface area contributed by atoms with E-state index in [1.54, 1.807) is 25.2 Å². The summed E-state index contributed by atoms with van der Waals surface area (Å²) in [6, 6.07) is 4.64. The highest BCUT2D eigenvalue weighted by Crippen LogP contribution is 2.23. The van der Waals surface area contributed by atoms with Crippen molar-refractivity contribution in [2.75, 3.05) is 19.8 Å². The third-order valence-corrected chi connectivity index (χ3v) is 4.82. The summed E-state index contributed by atoms with van der Waals surface area (Å²) in [7, 11) is 1.64. The van der Waals surface area contributed by atoms with Crippen molar-refractivity contribution >= 4 is 22.8 Å². The first-order valence-corrected chi connectivity index (χ1v) is 9.58. The second-order valence-corrected chi connectivity index (χ2v) is 7.02. The van der Waals surface area contributed by atoms with Crippen LogP contribution in [0.2, 0.25) is 0 Å². The van der Waals surface area contributed by atoms with Crippen LogP contribution in [0.4, 0.5) is 0 Å². The van der Waals surface area contributed by atoms with Crippen LogP contribution in [-0.4, -0.2) is 46.9 Å². The number of benzene rings is 1. The number of nitrogens with one attached hydrogen (secondary N) is 1. The van der Waals surface area contributed by atoms with Crippen molar-refractivity contribution < 1.29 is 19.1 Å². The maximum absolute atomic E-state index is 12.7. The van der Waals surface area contributed by atoms with E-state index in [1.807, 2.05) is 6.92 Å². The van der Waals surface area contributed by atoms with Gasteiger partial charge < -0.3 is 9.47 Å². The van der Waals surface area contributed by atoms with Gasteiger partial charge in [-0.2, -0.15) is 0 Å². The Morgan fingerprint density at radius 2 is 2.07 bits per heavy atom. The average Bonchev–Trinajstić information content (AvgIpc) is 2.96. The fourth-order valence-electron chi connectivity index (χ4n) is 3.32. The van der Waals surface area contributed by atoms with Gasteiger partial charge in [-0.1, -0.05) is 17.8 Å². The molecule has 1 aromatic carbocycles. The molecule has 0 aliphatic carbocycles. The van der Waals surface area contributed by atoms with Gasteiger partial charge in [0, 0.05) is 19.0 Å². The number of ether oxygens (including phenoxy) is 2. The first-order chi connectivity index (χ1) is 14.4. The quantitative estimate of drug-likeness (QED) is 0.431. The van der Waals surface area contributed by atoms with Crippen molar-refractivity contribution in [1.82, 2.24) is 14.5 Å². The summed E-state index contributed by atoms with van der Waals surface area (Å²) in [6.45, 7) is 2.73. The monoisotopic (exact) mass is 409 g/mol. The molecule has 1 N–H and O–H groups in total. The fraction of sp³-hybridized carbons (Fsp3) is 0.409. The Kier molecular flexibility index (Phi) is 6.73. The second-order valence-electron chi connectivity index (χ2n) is 7.02. The minimum absolute atomic E-state index is 0.110. The first-order valence-electron chi connectivity index (χ1n) is 9.58. The van der Waals surface area contributed by atoms with Crippen LogP contribution in [0.25, 0.3) is 11.0 Å². The van der Waals surface area contributed by atoms with Crippen LogP contribution in [0.15, 0.2) is 23.0 Å². The molecule has 0 radical (unpaired) electrons. The van der Waals surface area contributed by atoms with Crippen molar-refractivity contribution in [1.29, 1.82) is 0 Å². The van der Waals surface area contributed by atoms with Crippen molar-refractivity contribution in [2.45, 2.75) is 31.9 Å². The Balaban J connectivity index is 1.74. The van der Waals surface area contributed by atoms with Gasteiger partial charge in [-0.25, -0.2) is 4.79 Å². The molecule has 0 bridgehead atoms. The summed E-state index contributed by atoms with van der Waals surface area (Å²) >= 11 is 0. The summed E-state index contributed by atoms with van der Waals surface area (Å²) in [5, 5.41) is 2.30. The molecule has 0 saturated carbocycles. The van der Waals surface area contributed by atoms with Gasteiger partial charge in [-0.3, -0.25) is 24.0 Å². The normalized spacial score (nSPS) is 17.2. The molecule has 8 heteroatoms. The lowest BCUT2D eigenvalue weighted by atomic mass is 10.1. The minimum Gasteiger partial charge on any atom is -0.366 e. The van der Waals surface area contributed by atoms with E-state index < -0.39 is 11.9 Å². The van der Waals surface area contributed by atoms with Gasteiger partial charge >= 0.3 is 5.69 Å². The molecule has 2 amide bonds. The molecule has 3 rings (SSSR count). The SMILES string of the molecule is C#CCOC(C)COCC#Cc1ccc2c(c1)n(C)c(=O)n2C1CCC(=O)NC1=O. The number of rotatable bonds is 6. The number of imide groups is 1. The number of amides is 2. The fourth-order valence-corrected chi connectivity index (χ4v) is 3.32. The van der Waals surface area contributed by atoms with Gasteiger partial charge in [0.05, 0.1) is 23.7 Å². The molecule has 2 atom stereocenters. The Morgan fingerprint density at radius 1 is 1.27 bits per heavy atom. The molecule has 2 unspecified atom stereocenters. The predicted octanol–water partition coefficient (Wildman–Crippen LogP) is 0.724. The Labute approximate surface area is 174 Å². The van der Waals surface area contributed by atoms with E-state index in [2.05, 4.69) is 23.1 Å². The Hall–Kier alpha value is -3.33. The van der Waals surface area contributed by atoms with Crippen LogP contribution in [0.1, 0.15) is 31.4 Å². The predicted molar refractivity (Wildman–Crippen MR) is 111 cm³/mol. The maximum atomic E-state index is 12.7. The average molecular weight is 409 g/mol. The van der Waals surface area contributed by atoms with E-state index in [1.165, 1.54) is 9.13 Å². The summed E-state index contributed by atoms with van der Waals surface area (Å²) in [4.78, 5) is 36.4. The van der Waals surface area contributed by atoms with E-state index in [9.17, 15) is 14.4 Å². The van der Waals surface area contributed by atoms with Gasteiger partial charge in [0.25, 0.3) is 0 Å². The van der Waals surface area contributed by atoms with E-state index >= 15 is 0 Å². The molecule has 2 heterocycles. The van der Waals surface area contributed by atoms with Crippen LogP contribution in [0, 0.1) is 24.2 Å². The molecule has 2 aromatic rings. The van der Waals surface area contributed by atoms with Crippen molar-refractivity contribution in [3.05, 3.63) is 34.2 Å². The summed E-state index contributed by atoms with van der Waals surface area (Å²) < 4.78 is 13.7. The zero-order chi connectivity index (χ0) is 21.7. The van der Waals surface area contributed by atoms with Crippen molar-refractivity contribution in [2.24, 2.45) is 7.05 Å². The number of carbonyl (C=O) groups excluding carboxylic acids is 2. The van der Waals surface area contributed by atoms with Crippen molar-refractivity contribution in [3.8, 4) is 24.2 Å². The van der Waals surface area contributed by atoms with Gasteiger partial charge in [-0.15, -0.1) is 6.42 Å². The number of imidazole rings is 1. The first kappa shape index (κ1) is 21.4. The number of fused-ring (bicyclic) bond motifs is 1. The number of nitrogens with zero attached hydrogens (tertiary/aromatic N) is 2. The van der Waals surface area contributed by atoms with Crippen LogP contribution in [-0.2, 0) is 26.1 Å². The highest BCUT2D eigenvalue weighted by Gasteiger charge is 2.31. The lowest BCUT2D eigenvalue weighted by Crippen LogP contribution is -2.44. The second kappa shape index (κ2) is 9.45. The molecule has 8 nitrogen and oxygen atoms in total. The van der Waals surface area contributed by atoms with E-state index in [4.69, 9.17) is 15.9 Å². The van der Waals surface area contributed by atoms with Crippen LogP contribution >= 0.6 is 0 Å². The third kappa shape index (κ3) is 4.62. The summed E-state index contributed by atoms with van der Waals surface area (Å²) in [5.74, 6) is 7.57. The molecule has 1 aliphatic heterocycles. The van der Waals surface area contributed by atoms with Crippen LogP contribution in [0.3, 0.4) is 0 Å².